The molecule has 1 saturated heterocycles. The lowest BCUT2D eigenvalue weighted by atomic mass is 9.94. The molecule has 1 saturated carbocycles. The van der Waals surface area contributed by atoms with Crippen molar-refractivity contribution in [3.05, 3.63) is 0 Å². The molecule has 0 aromatic carbocycles. The van der Waals surface area contributed by atoms with Gasteiger partial charge in [-0.2, -0.15) is 17.4 Å². The lowest BCUT2D eigenvalue weighted by Crippen LogP contribution is -2.50. The Balaban J connectivity index is 1.72. The van der Waals surface area contributed by atoms with E-state index in [-0.39, 0.29) is 6.04 Å². The number of nitrogens with one attached hydrogen (secondary N) is 2. The molecule has 5 nitrogen and oxygen atoms in total. The number of hydrogen-bond donors (Lipinski definition) is 2. The van der Waals surface area contributed by atoms with E-state index < -0.39 is 10.2 Å². The van der Waals surface area contributed by atoms with Gasteiger partial charge >= 0.3 is 0 Å². The van der Waals surface area contributed by atoms with E-state index in [1.165, 1.54) is 0 Å². The molecule has 19 heavy (non-hydrogen) atoms. The maximum atomic E-state index is 12.2. The topological polar surface area (TPSA) is 61.4 Å². The summed E-state index contributed by atoms with van der Waals surface area (Å²) >= 11 is 0. The van der Waals surface area contributed by atoms with Crippen molar-refractivity contribution < 1.29 is 8.42 Å². The van der Waals surface area contributed by atoms with Crippen molar-refractivity contribution in [3.8, 4) is 0 Å². The molecule has 0 unspecified atom stereocenters. The number of rotatable bonds is 7. The van der Waals surface area contributed by atoms with Gasteiger partial charge in [-0.1, -0.05) is 13.3 Å². The molecule has 1 heterocycles. The molecule has 2 rings (SSSR count). The molecule has 0 radical (unpaired) electrons. The standard InChI is InChI=1S/C13H27N3O2S/c1-2-8-14-11-12-6-9-16(10-7-12)19(17,18)15-13-4-3-5-13/h12-15H,2-11H2,1H3. The predicted molar refractivity (Wildman–Crippen MR) is 77.2 cm³/mol. The van der Waals surface area contributed by atoms with Crippen molar-refractivity contribution in [1.29, 1.82) is 0 Å². The van der Waals surface area contributed by atoms with Gasteiger partial charge in [0.15, 0.2) is 0 Å². The third-order valence-corrected chi connectivity index (χ3v) is 5.87. The summed E-state index contributed by atoms with van der Waals surface area (Å²) in [4.78, 5) is 0. The Morgan fingerprint density at radius 1 is 1.16 bits per heavy atom. The smallest absolute Gasteiger partial charge is 0.279 e. The predicted octanol–water partition coefficient (Wildman–Crippen LogP) is 1.08. The fourth-order valence-electron chi connectivity index (χ4n) is 2.65. The highest BCUT2D eigenvalue weighted by molar-refractivity contribution is 7.87. The molecule has 0 aromatic rings. The number of hydrogen-bond acceptors (Lipinski definition) is 3. The van der Waals surface area contributed by atoms with Crippen LogP contribution in [0, 0.1) is 5.92 Å². The first-order chi connectivity index (χ1) is 9.12. The van der Waals surface area contributed by atoms with Gasteiger partial charge in [-0.15, -0.1) is 0 Å². The molecule has 0 aromatic heterocycles. The molecular formula is C13H27N3O2S. The van der Waals surface area contributed by atoms with Crippen LogP contribution in [0.25, 0.3) is 0 Å². The first-order valence-corrected chi connectivity index (χ1v) is 9.04. The van der Waals surface area contributed by atoms with Crippen molar-refractivity contribution in [2.45, 2.75) is 51.5 Å². The van der Waals surface area contributed by atoms with Gasteiger partial charge in [-0.3, -0.25) is 0 Å². The zero-order valence-electron chi connectivity index (χ0n) is 11.9. The Morgan fingerprint density at radius 2 is 1.84 bits per heavy atom. The van der Waals surface area contributed by atoms with Crippen LogP contribution < -0.4 is 10.0 Å². The number of nitrogens with zero attached hydrogens (tertiary/aromatic N) is 1. The van der Waals surface area contributed by atoms with Crippen LogP contribution >= 0.6 is 0 Å². The second-order valence-corrected chi connectivity index (χ2v) is 7.50. The van der Waals surface area contributed by atoms with Crippen molar-refractivity contribution >= 4 is 10.2 Å². The van der Waals surface area contributed by atoms with Crippen molar-refractivity contribution in [2.75, 3.05) is 26.2 Å². The van der Waals surface area contributed by atoms with E-state index >= 15 is 0 Å². The minimum absolute atomic E-state index is 0.189. The van der Waals surface area contributed by atoms with Gasteiger partial charge in [-0.05, 0) is 51.1 Å². The Kier molecular flexibility index (Phi) is 5.62. The zero-order valence-corrected chi connectivity index (χ0v) is 12.7. The van der Waals surface area contributed by atoms with E-state index in [4.69, 9.17) is 0 Å². The lowest BCUT2D eigenvalue weighted by molar-refractivity contribution is 0.260. The molecule has 112 valence electrons. The van der Waals surface area contributed by atoms with Gasteiger partial charge < -0.3 is 5.32 Å². The van der Waals surface area contributed by atoms with Crippen LogP contribution in [0.1, 0.15) is 45.4 Å². The first kappa shape index (κ1) is 15.2. The fourth-order valence-corrected chi connectivity index (χ4v) is 4.15. The van der Waals surface area contributed by atoms with Crippen molar-refractivity contribution in [2.24, 2.45) is 5.92 Å². The molecule has 0 atom stereocenters. The highest BCUT2D eigenvalue weighted by Crippen LogP contribution is 2.22. The summed E-state index contributed by atoms with van der Waals surface area (Å²) in [6, 6.07) is 0.189. The summed E-state index contributed by atoms with van der Waals surface area (Å²) in [7, 11) is -3.23. The molecule has 0 bridgehead atoms. The molecule has 0 amide bonds. The number of piperidine rings is 1. The molecule has 6 heteroatoms. The maximum Gasteiger partial charge on any atom is 0.279 e. The lowest BCUT2D eigenvalue weighted by Gasteiger charge is -2.34. The van der Waals surface area contributed by atoms with E-state index in [1.54, 1.807) is 4.31 Å². The minimum atomic E-state index is -3.23. The van der Waals surface area contributed by atoms with Crippen molar-refractivity contribution in [1.82, 2.24) is 14.3 Å². The third kappa shape index (κ3) is 4.41. The van der Waals surface area contributed by atoms with E-state index in [1.807, 2.05) is 0 Å². The van der Waals surface area contributed by atoms with Crippen LogP contribution in [-0.2, 0) is 10.2 Å². The van der Waals surface area contributed by atoms with Crippen LogP contribution in [0.5, 0.6) is 0 Å². The van der Waals surface area contributed by atoms with E-state index in [0.29, 0.717) is 19.0 Å². The largest absolute Gasteiger partial charge is 0.316 e. The van der Waals surface area contributed by atoms with E-state index in [9.17, 15) is 8.42 Å². The quantitative estimate of drug-likeness (QED) is 0.690. The average molecular weight is 289 g/mol. The molecule has 2 aliphatic rings. The molecular weight excluding hydrogens is 262 g/mol. The van der Waals surface area contributed by atoms with Gasteiger partial charge in [0.2, 0.25) is 0 Å². The maximum absolute atomic E-state index is 12.2. The highest BCUT2D eigenvalue weighted by Gasteiger charge is 2.31. The zero-order chi connectivity index (χ0) is 13.7. The van der Waals surface area contributed by atoms with Crippen molar-refractivity contribution in [3.63, 3.8) is 0 Å². The third-order valence-electron chi connectivity index (χ3n) is 4.19. The van der Waals surface area contributed by atoms with E-state index in [2.05, 4.69) is 17.0 Å². The SMILES string of the molecule is CCCNCC1CCN(S(=O)(=O)NC2CCC2)CC1. The summed E-state index contributed by atoms with van der Waals surface area (Å²) in [5.74, 6) is 0.627. The normalized spacial score (nSPS) is 23.4. The fraction of sp³-hybridized carbons (Fsp3) is 1.00. The molecule has 2 fully saturated rings. The molecule has 2 N–H and O–H groups in total. The summed E-state index contributed by atoms with van der Waals surface area (Å²) in [5, 5.41) is 3.43. The van der Waals surface area contributed by atoms with Crippen LogP contribution in [0.3, 0.4) is 0 Å². The highest BCUT2D eigenvalue weighted by atomic mass is 32.2. The summed E-state index contributed by atoms with van der Waals surface area (Å²) in [6.45, 7) is 5.58. The molecule has 1 aliphatic carbocycles. The van der Waals surface area contributed by atoms with Crippen LogP contribution in [0.15, 0.2) is 0 Å². The van der Waals surface area contributed by atoms with Gasteiger partial charge in [-0.25, -0.2) is 0 Å². The van der Waals surface area contributed by atoms with Gasteiger partial charge in [0.1, 0.15) is 0 Å². The Bertz CT molecular complexity index is 360. The minimum Gasteiger partial charge on any atom is -0.316 e. The van der Waals surface area contributed by atoms with Gasteiger partial charge in [0, 0.05) is 19.1 Å². The molecule has 0 spiro atoms. The summed E-state index contributed by atoms with van der Waals surface area (Å²) < 4.78 is 28.7. The second-order valence-electron chi connectivity index (χ2n) is 5.80. The average Bonchev–Trinajstić information content (AvgIpc) is 2.35. The van der Waals surface area contributed by atoms with Crippen LogP contribution in [-0.4, -0.2) is 44.9 Å². The monoisotopic (exact) mass is 289 g/mol. The van der Waals surface area contributed by atoms with Gasteiger partial charge in [0.05, 0.1) is 0 Å². The Morgan fingerprint density at radius 3 is 2.37 bits per heavy atom. The first-order valence-electron chi connectivity index (χ1n) is 7.60. The second kappa shape index (κ2) is 7.02. The van der Waals surface area contributed by atoms with E-state index in [0.717, 1.165) is 51.6 Å². The molecule has 1 aliphatic heterocycles. The van der Waals surface area contributed by atoms with Crippen LogP contribution in [0.2, 0.25) is 0 Å². The van der Waals surface area contributed by atoms with Gasteiger partial charge in [0.25, 0.3) is 10.2 Å². The summed E-state index contributed by atoms with van der Waals surface area (Å²) in [6.07, 6.45) is 6.24. The Hall–Kier alpha value is -0.170. The van der Waals surface area contributed by atoms with Crippen LogP contribution in [0.4, 0.5) is 0 Å². The summed E-state index contributed by atoms with van der Waals surface area (Å²) in [5.41, 5.74) is 0. The Labute approximate surface area is 117 Å².